The van der Waals surface area contributed by atoms with Crippen molar-refractivity contribution in [2.75, 3.05) is 16.0 Å². The van der Waals surface area contributed by atoms with E-state index in [2.05, 4.69) is 16.0 Å². The van der Waals surface area contributed by atoms with E-state index in [0.29, 0.717) is 16.4 Å². The summed E-state index contributed by atoms with van der Waals surface area (Å²) in [5.74, 6) is -0.766. The topological polar surface area (TPSA) is 87.3 Å². The Labute approximate surface area is 102 Å². The zero-order valence-corrected chi connectivity index (χ0v) is 10.5. The minimum Gasteiger partial charge on any atom is -0.324 e. The number of hydrogen-bond donors (Lipinski definition) is 3. The number of amides is 3. The molecule has 0 atom stereocenters. The summed E-state index contributed by atoms with van der Waals surface area (Å²) in [7, 11) is 0. The second-order valence-corrected chi connectivity index (χ2v) is 4.28. The first kappa shape index (κ1) is 13.2. The minimum atomic E-state index is -0.276. The standard InChI is InChI=1S/C10H13N3O3S/c1-5(14)11-8-4-17-10(13-7(3)16)9(8)12-6(2)15/h4H,1-3H3,(H,11,14)(H,12,15)(H,13,16). The molecule has 0 fully saturated rings. The van der Waals surface area contributed by atoms with Gasteiger partial charge in [0.05, 0.1) is 11.4 Å². The normalized spacial score (nSPS) is 9.59. The largest absolute Gasteiger partial charge is 0.324 e. The smallest absolute Gasteiger partial charge is 0.221 e. The molecule has 0 aliphatic heterocycles. The van der Waals surface area contributed by atoms with Crippen LogP contribution < -0.4 is 16.0 Å². The van der Waals surface area contributed by atoms with Gasteiger partial charge in [0, 0.05) is 26.2 Å². The summed E-state index contributed by atoms with van der Waals surface area (Å²) in [6.07, 6.45) is 0. The summed E-state index contributed by atoms with van der Waals surface area (Å²) in [5.41, 5.74) is 0.884. The fourth-order valence-corrected chi connectivity index (χ4v) is 2.09. The molecule has 0 saturated carbocycles. The Bertz CT molecular complexity index is 434. The fourth-order valence-electron chi connectivity index (χ4n) is 1.19. The molecular weight excluding hydrogens is 242 g/mol. The van der Waals surface area contributed by atoms with Crippen LogP contribution >= 0.6 is 11.3 Å². The van der Waals surface area contributed by atoms with Crippen molar-refractivity contribution in [2.45, 2.75) is 20.8 Å². The van der Waals surface area contributed by atoms with Crippen LogP contribution in [0.5, 0.6) is 0 Å². The monoisotopic (exact) mass is 255 g/mol. The van der Waals surface area contributed by atoms with Gasteiger partial charge in [0.25, 0.3) is 0 Å². The van der Waals surface area contributed by atoms with Crippen LogP contribution in [0, 0.1) is 0 Å². The van der Waals surface area contributed by atoms with E-state index in [-0.39, 0.29) is 17.7 Å². The zero-order chi connectivity index (χ0) is 13.0. The van der Waals surface area contributed by atoms with Crippen molar-refractivity contribution < 1.29 is 14.4 Å². The van der Waals surface area contributed by atoms with Crippen molar-refractivity contribution in [3.05, 3.63) is 5.38 Å². The van der Waals surface area contributed by atoms with Gasteiger partial charge in [0.15, 0.2) is 0 Å². The van der Waals surface area contributed by atoms with Crippen LogP contribution in [-0.4, -0.2) is 17.7 Å². The Kier molecular flexibility index (Phi) is 4.22. The summed E-state index contributed by atoms with van der Waals surface area (Å²) in [4.78, 5) is 33.0. The third kappa shape index (κ3) is 3.87. The first-order valence-electron chi connectivity index (χ1n) is 4.84. The second kappa shape index (κ2) is 5.44. The predicted octanol–water partition coefficient (Wildman–Crippen LogP) is 1.62. The van der Waals surface area contributed by atoms with Gasteiger partial charge in [-0.15, -0.1) is 11.3 Å². The third-order valence-corrected chi connectivity index (χ3v) is 2.59. The van der Waals surface area contributed by atoms with Crippen molar-refractivity contribution in [3.8, 4) is 0 Å². The molecular formula is C10H13N3O3S. The lowest BCUT2D eigenvalue weighted by Crippen LogP contribution is -2.13. The van der Waals surface area contributed by atoms with Crippen LogP contribution in [0.1, 0.15) is 20.8 Å². The summed E-state index contributed by atoms with van der Waals surface area (Å²) in [6, 6.07) is 0. The molecule has 17 heavy (non-hydrogen) atoms. The molecule has 0 aliphatic carbocycles. The second-order valence-electron chi connectivity index (χ2n) is 3.40. The Balaban J connectivity index is 3.04. The molecule has 0 radical (unpaired) electrons. The van der Waals surface area contributed by atoms with Crippen molar-refractivity contribution in [2.24, 2.45) is 0 Å². The van der Waals surface area contributed by atoms with Gasteiger partial charge in [0.2, 0.25) is 17.7 Å². The van der Waals surface area contributed by atoms with Crippen LogP contribution in [0.2, 0.25) is 0 Å². The van der Waals surface area contributed by atoms with Crippen molar-refractivity contribution in [3.63, 3.8) is 0 Å². The summed E-state index contributed by atoms with van der Waals surface area (Å²) >= 11 is 1.23. The molecule has 1 rings (SSSR count). The van der Waals surface area contributed by atoms with E-state index in [1.807, 2.05) is 0 Å². The van der Waals surface area contributed by atoms with Gasteiger partial charge in [-0.05, 0) is 0 Å². The van der Waals surface area contributed by atoms with Gasteiger partial charge in [-0.25, -0.2) is 0 Å². The Morgan fingerprint density at radius 2 is 1.47 bits per heavy atom. The van der Waals surface area contributed by atoms with Crippen LogP contribution in [0.3, 0.4) is 0 Å². The lowest BCUT2D eigenvalue weighted by molar-refractivity contribution is -0.115. The molecule has 0 saturated heterocycles. The van der Waals surface area contributed by atoms with Crippen LogP contribution in [0.4, 0.5) is 16.4 Å². The maximum absolute atomic E-state index is 11.1. The number of nitrogens with one attached hydrogen (secondary N) is 3. The average molecular weight is 255 g/mol. The molecule has 0 aliphatic rings. The summed E-state index contributed by atoms with van der Waals surface area (Å²) < 4.78 is 0. The molecule has 1 heterocycles. The number of hydrogen-bond acceptors (Lipinski definition) is 4. The van der Waals surface area contributed by atoms with Gasteiger partial charge in [-0.3, -0.25) is 14.4 Å². The third-order valence-electron chi connectivity index (χ3n) is 1.69. The maximum Gasteiger partial charge on any atom is 0.221 e. The molecule has 7 heteroatoms. The van der Waals surface area contributed by atoms with E-state index >= 15 is 0 Å². The Hall–Kier alpha value is -1.89. The summed E-state index contributed by atoms with van der Waals surface area (Å²) in [6.45, 7) is 4.09. The molecule has 92 valence electrons. The highest BCUT2D eigenvalue weighted by atomic mass is 32.1. The van der Waals surface area contributed by atoms with Gasteiger partial charge >= 0.3 is 0 Å². The predicted molar refractivity (Wildman–Crippen MR) is 67.2 cm³/mol. The van der Waals surface area contributed by atoms with Gasteiger partial charge in [-0.2, -0.15) is 0 Å². The SMILES string of the molecule is CC(=O)Nc1csc(NC(C)=O)c1NC(C)=O. The van der Waals surface area contributed by atoms with Crippen LogP contribution in [0.15, 0.2) is 5.38 Å². The van der Waals surface area contributed by atoms with Gasteiger partial charge < -0.3 is 16.0 Å². The van der Waals surface area contributed by atoms with Crippen LogP contribution in [-0.2, 0) is 14.4 Å². The van der Waals surface area contributed by atoms with Crippen molar-refractivity contribution in [1.29, 1.82) is 0 Å². The van der Waals surface area contributed by atoms with Crippen LogP contribution in [0.25, 0.3) is 0 Å². The first-order valence-corrected chi connectivity index (χ1v) is 5.72. The molecule has 6 nitrogen and oxygen atoms in total. The highest BCUT2D eigenvalue weighted by Gasteiger charge is 2.14. The number of carbonyl (C=O) groups is 3. The zero-order valence-electron chi connectivity index (χ0n) is 9.71. The summed E-state index contributed by atoms with van der Waals surface area (Å²) in [5, 5.41) is 9.89. The Morgan fingerprint density at radius 1 is 0.941 bits per heavy atom. The molecule has 1 aromatic heterocycles. The van der Waals surface area contributed by atoms with Crippen molar-refractivity contribution >= 4 is 45.4 Å². The molecule has 3 N–H and O–H groups in total. The van der Waals surface area contributed by atoms with E-state index in [1.54, 1.807) is 5.38 Å². The number of thiophene rings is 1. The fraction of sp³-hybridized carbons (Fsp3) is 0.300. The minimum absolute atomic E-state index is 0.243. The number of anilines is 3. The highest BCUT2D eigenvalue weighted by Crippen LogP contribution is 2.37. The molecule has 0 bridgehead atoms. The number of rotatable bonds is 3. The first-order chi connectivity index (χ1) is 7.90. The maximum atomic E-state index is 11.1. The molecule has 0 aromatic carbocycles. The lowest BCUT2D eigenvalue weighted by atomic mass is 10.4. The number of carbonyl (C=O) groups excluding carboxylic acids is 3. The average Bonchev–Trinajstić information content (AvgIpc) is 2.47. The van der Waals surface area contributed by atoms with Gasteiger partial charge in [-0.1, -0.05) is 0 Å². The molecule has 0 unspecified atom stereocenters. The Morgan fingerprint density at radius 3 is 1.94 bits per heavy atom. The molecule has 3 amide bonds. The van der Waals surface area contributed by atoms with E-state index < -0.39 is 0 Å². The van der Waals surface area contributed by atoms with E-state index in [1.165, 1.54) is 32.1 Å². The quantitative estimate of drug-likeness (QED) is 0.767. The van der Waals surface area contributed by atoms with Gasteiger partial charge in [0.1, 0.15) is 5.00 Å². The highest BCUT2D eigenvalue weighted by molar-refractivity contribution is 7.15. The lowest BCUT2D eigenvalue weighted by Gasteiger charge is -2.08. The van der Waals surface area contributed by atoms with E-state index in [9.17, 15) is 14.4 Å². The van der Waals surface area contributed by atoms with Crippen molar-refractivity contribution in [1.82, 2.24) is 0 Å². The molecule has 0 spiro atoms. The van der Waals surface area contributed by atoms with E-state index in [4.69, 9.17) is 0 Å². The molecule has 1 aromatic rings. The van der Waals surface area contributed by atoms with E-state index in [0.717, 1.165) is 0 Å².